The molecule has 74 valence electrons. The van der Waals surface area contributed by atoms with E-state index in [1.807, 2.05) is 14.1 Å². The average molecular weight is 180 g/mol. The SMILES string of the molecule is CC1CCC(C#N)(N(C)C)CC1C. The molecule has 0 aromatic carbocycles. The van der Waals surface area contributed by atoms with Gasteiger partial charge >= 0.3 is 0 Å². The van der Waals surface area contributed by atoms with Gasteiger partial charge in [-0.15, -0.1) is 0 Å². The van der Waals surface area contributed by atoms with Crippen molar-refractivity contribution in [2.75, 3.05) is 14.1 Å². The number of hydrogen-bond donors (Lipinski definition) is 0. The molecule has 0 heterocycles. The molecule has 0 aromatic rings. The zero-order valence-corrected chi connectivity index (χ0v) is 9.17. The highest BCUT2D eigenvalue weighted by Gasteiger charge is 2.39. The smallest absolute Gasteiger partial charge is 0.109 e. The van der Waals surface area contributed by atoms with Gasteiger partial charge in [0.1, 0.15) is 5.54 Å². The zero-order chi connectivity index (χ0) is 10.1. The van der Waals surface area contributed by atoms with Crippen molar-refractivity contribution in [1.82, 2.24) is 4.90 Å². The monoisotopic (exact) mass is 180 g/mol. The highest BCUT2D eigenvalue weighted by Crippen LogP contribution is 2.38. The van der Waals surface area contributed by atoms with Crippen molar-refractivity contribution in [1.29, 1.82) is 5.26 Å². The van der Waals surface area contributed by atoms with Gasteiger partial charge in [-0.05, 0) is 45.2 Å². The normalized spacial score (nSPS) is 40.3. The summed E-state index contributed by atoms with van der Waals surface area (Å²) in [7, 11) is 4.04. The molecule has 0 amide bonds. The van der Waals surface area contributed by atoms with Crippen LogP contribution in [0, 0.1) is 23.2 Å². The molecule has 0 radical (unpaired) electrons. The summed E-state index contributed by atoms with van der Waals surface area (Å²) < 4.78 is 0. The minimum atomic E-state index is -0.189. The summed E-state index contributed by atoms with van der Waals surface area (Å²) in [6.45, 7) is 4.56. The molecule has 0 N–H and O–H groups in total. The average Bonchev–Trinajstić information content (AvgIpc) is 2.09. The van der Waals surface area contributed by atoms with Gasteiger partial charge in [0.25, 0.3) is 0 Å². The Hall–Kier alpha value is -0.550. The topological polar surface area (TPSA) is 27.0 Å². The molecule has 1 fully saturated rings. The first-order chi connectivity index (χ1) is 6.02. The quantitative estimate of drug-likeness (QED) is 0.619. The van der Waals surface area contributed by atoms with E-state index >= 15 is 0 Å². The molecule has 0 saturated heterocycles. The molecule has 2 nitrogen and oxygen atoms in total. The minimum absolute atomic E-state index is 0.189. The number of nitriles is 1. The lowest BCUT2D eigenvalue weighted by atomic mass is 9.71. The maximum absolute atomic E-state index is 9.22. The summed E-state index contributed by atoms with van der Waals surface area (Å²) in [4.78, 5) is 2.09. The highest BCUT2D eigenvalue weighted by atomic mass is 15.1. The van der Waals surface area contributed by atoms with Crippen LogP contribution in [-0.2, 0) is 0 Å². The molecule has 1 rings (SSSR count). The Kier molecular flexibility index (Phi) is 2.98. The summed E-state index contributed by atoms with van der Waals surface area (Å²) in [6.07, 6.45) is 3.24. The number of rotatable bonds is 1. The largest absolute Gasteiger partial charge is 0.292 e. The van der Waals surface area contributed by atoms with Crippen molar-refractivity contribution in [2.24, 2.45) is 11.8 Å². The molecule has 3 unspecified atom stereocenters. The van der Waals surface area contributed by atoms with E-state index in [4.69, 9.17) is 0 Å². The van der Waals surface area contributed by atoms with Crippen LogP contribution in [0.1, 0.15) is 33.1 Å². The predicted molar refractivity (Wildman–Crippen MR) is 54.2 cm³/mol. The molecule has 0 spiro atoms. The molecule has 1 aliphatic carbocycles. The van der Waals surface area contributed by atoms with E-state index in [0.29, 0.717) is 5.92 Å². The van der Waals surface area contributed by atoms with Crippen LogP contribution in [0.4, 0.5) is 0 Å². The van der Waals surface area contributed by atoms with Crippen LogP contribution in [0.15, 0.2) is 0 Å². The van der Waals surface area contributed by atoms with E-state index in [9.17, 15) is 5.26 Å². The fourth-order valence-corrected chi connectivity index (χ4v) is 2.19. The van der Waals surface area contributed by atoms with E-state index in [0.717, 1.165) is 18.8 Å². The van der Waals surface area contributed by atoms with E-state index in [2.05, 4.69) is 24.8 Å². The van der Waals surface area contributed by atoms with Crippen molar-refractivity contribution in [2.45, 2.75) is 38.6 Å². The summed E-state index contributed by atoms with van der Waals surface area (Å²) in [5.41, 5.74) is -0.189. The Morgan fingerprint density at radius 2 is 1.92 bits per heavy atom. The third-order valence-electron chi connectivity index (χ3n) is 3.71. The van der Waals surface area contributed by atoms with Gasteiger partial charge in [-0.2, -0.15) is 5.26 Å². The Labute approximate surface area is 81.5 Å². The maximum Gasteiger partial charge on any atom is 0.109 e. The van der Waals surface area contributed by atoms with E-state index in [1.165, 1.54) is 6.42 Å². The van der Waals surface area contributed by atoms with Gasteiger partial charge in [-0.1, -0.05) is 13.8 Å². The van der Waals surface area contributed by atoms with Crippen LogP contribution in [-0.4, -0.2) is 24.5 Å². The Morgan fingerprint density at radius 3 is 2.31 bits per heavy atom. The second-order valence-electron chi connectivity index (χ2n) is 4.74. The molecular formula is C11H20N2. The third kappa shape index (κ3) is 1.86. The molecule has 13 heavy (non-hydrogen) atoms. The van der Waals surface area contributed by atoms with Crippen molar-refractivity contribution in [3.8, 4) is 6.07 Å². The van der Waals surface area contributed by atoms with Crippen LogP contribution < -0.4 is 0 Å². The van der Waals surface area contributed by atoms with Crippen molar-refractivity contribution < 1.29 is 0 Å². The van der Waals surface area contributed by atoms with Crippen LogP contribution in [0.2, 0.25) is 0 Å². The second kappa shape index (κ2) is 3.67. The minimum Gasteiger partial charge on any atom is -0.292 e. The molecular weight excluding hydrogens is 160 g/mol. The Bertz CT molecular complexity index is 217. The van der Waals surface area contributed by atoms with Gasteiger partial charge in [0.2, 0.25) is 0 Å². The fraction of sp³-hybridized carbons (Fsp3) is 0.909. The van der Waals surface area contributed by atoms with Gasteiger partial charge in [0, 0.05) is 0 Å². The zero-order valence-electron chi connectivity index (χ0n) is 9.17. The Balaban J connectivity index is 2.76. The van der Waals surface area contributed by atoms with Gasteiger partial charge in [0.15, 0.2) is 0 Å². The summed E-state index contributed by atoms with van der Waals surface area (Å²) in [5, 5.41) is 9.22. The van der Waals surface area contributed by atoms with Crippen LogP contribution in [0.25, 0.3) is 0 Å². The van der Waals surface area contributed by atoms with Crippen LogP contribution in [0.5, 0.6) is 0 Å². The lowest BCUT2D eigenvalue weighted by Gasteiger charge is -2.42. The molecule has 0 aromatic heterocycles. The summed E-state index contributed by atoms with van der Waals surface area (Å²) in [6, 6.07) is 2.49. The van der Waals surface area contributed by atoms with Crippen LogP contribution >= 0.6 is 0 Å². The maximum atomic E-state index is 9.22. The van der Waals surface area contributed by atoms with Gasteiger partial charge < -0.3 is 0 Å². The molecule has 2 heteroatoms. The summed E-state index contributed by atoms with van der Waals surface area (Å²) in [5.74, 6) is 1.46. The van der Waals surface area contributed by atoms with E-state index in [-0.39, 0.29) is 5.54 Å². The first-order valence-electron chi connectivity index (χ1n) is 5.10. The van der Waals surface area contributed by atoms with E-state index in [1.54, 1.807) is 0 Å². The lowest BCUT2D eigenvalue weighted by molar-refractivity contribution is 0.0981. The first-order valence-corrected chi connectivity index (χ1v) is 5.10. The lowest BCUT2D eigenvalue weighted by Crippen LogP contribution is -2.47. The third-order valence-corrected chi connectivity index (χ3v) is 3.71. The first kappa shape index (κ1) is 10.5. The standard InChI is InChI=1S/C11H20N2/c1-9-5-6-11(8-12,13(3)4)7-10(9)2/h9-10H,5-7H2,1-4H3. The van der Waals surface area contributed by atoms with Gasteiger partial charge in [0.05, 0.1) is 6.07 Å². The van der Waals surface area contributed by atoms with Crippen molar-refractivity contribution in [3.63, 3.8) is 0 Å². The van der Waals surface area contributed by atoms with E-state index < -0.39 is 0 Å². The second-order valence-corrected chi connectivity index (χ2v) is 4.74. The molecule has 1 aliphatic rings. The molecule has 0 bridgehead atoms. The fourth-order valence-electron chi connectivity index (χ4n) is 2.19. The molecule has 1 saturated carbocycles. The predicted octanol–water partition coefficient (Wildman–Crippen LogP) is 2.27. The number of nitrogens with zero attached hydrogens (tertiary/aromatic N) is 2. The Morgan fingerprint density at radius 1 is 1.31 bits per heavy atom. The molecule has 3 atom stereocenters. The van der Waals surface area contributed by atoms with Crippen LogP contribution in [0.3, 0.4) is 0 Å². The van der Waals surface area contributed by atoms with Crippen molar-refractivity contribution >= 4 is 0 Å². The highest BCUT2D eigenvalue weighted by molar-refractivity contribution is 5.10. The summed E-state index contributed by atoms with van der Waals surface area (Å²) >= 11 is 0. The van der Waals surface area contributed by atoms with Gasteiger partial charge in [-0.25, -0.2) is 0 Å². The van der Waals surface area contributed by atoms with Crippen molar-refractivity contribution in [3.05, 3.63) is 0 Å². The molecule has 0 aliphatic heterocycles. The number of hydrogen-bond acceptors (Lipinski definition) is 2. The van der Waals surface area contributed by atoms with Gasteiger partial charge in [-0.3, -0.25) is 4.90 Å².